The monoisotopic (exact) mass is 376 g/mol. The molecule has 1 N–H and O–H groups in total. The molecular weight excluding hydrogens is 356 g/mol. The van der Waals surface area contributed by atoms with Crippen molar-refractivity contribution in [3.05, 3.63) is 34.3 Å². The minimum Gasteiger partial charge on any atom is -0.350 e. The van der Waals surface area contributed by atoms with E-state index in [0.717, 1.165) is 20.6 Å². The van der Waals surface area contributed by atoms with Gasteiger partial charge in [-0.15, -0.1) is 0 Å². The van der Waals surface area contributed by atoms with Crippen molar-refractivity contribution in [1.82, 2.24) is 9.62 Å². The Morgan fingerprint density at radius 3 is 2.19 bits per heavy atom. The van der Waals surface area contributed by atoms with Gasteiger partial charge in [0.1, 0.15) is 0 Å². The zero-order valence-corrected chi connectivity index (χ0v) is 15.1. The molecule has 0 saturated carbocycles. The normalized spacial score (nSPS) is 12.5. The Labute approximate surface area is 134 Å². The van der Waals surface area contributed by atoms with Gasteiger partial charge in [0.25, 0.3) is 0 Å². The number of nitrogens with one attached hydrogen (secondary N) is 1. The van der Waals surface area contributed by atoms with E-state index in [2.05, 4.69) is 21.2 Å². The molecule has 0 bridgehead atoms. The van der Waals surface area contributed by atoms with Crippen molar-refractivity contribution in [2.75, 3.05) is 12.8 Å². The Bertz CT molecular complexity index is 592. The van der Waals surface area contributed by atoms with Crippen molar-refractivity contribution in [2.24, 2.45) is 0 Å². The molecule has 0 heterocycles. The Hall–Kier alpha value is -0.920. The second-order valence-electron chi connectivity index (χ2n) is 5.96. The quantitative estimate of drug-likeness (QED) is 0.855. The van der Waals surface area contributed by atoms with Crippen LogP contribution in [0.4, 0.5) is 0 Å². The Kier molecular flexibility index (Phi) is 5.95. The van der Waals surface area contributed by atoms with Crippen molar-refractivity contribution in [3.8, 4) is 0 Å². The maximum absolute atomic E-state index is 11.9. The molecule has 1 rings (SSSR count). The highest BCUT2D eigenvalue weighted by Crippen LogP contribution is 2.13. The van der Waals surface area contributed by atoms with Gasteiger partial charge in [0.15, 0.2) is 0 Å². The van der Waals surface area contributed by atoms with E-state index in [1.807, 2.05) is 45.0 Å². The van der Waals surface area contributed by atoms with Crippen LogP contribution in [0.15, 0.2) is 28.7 Å². The standard InChI is InChI=1S/C14H21BrN2O3S/c1-14(2,3)16-13(18)10-17(21(4,19)20)9-11-5-7-12(15)8-6-11/h5-8H,9-10H2,1-4H3,(H,16,18). The van der Waals surface area contributed by atoms with Gasteiger partial charge in [0.2, 0.25) is 15.9 Å². The van der Waals surface area contributed by atoms with Crippen molar-refractivity contribution < 1.29 is 13.2 Å². The minimum absolute atomic E-state index is 0.170. The second kappa shape index (κ2) is 6.89. The third-order valence-electron chi connectivity index (χ3n) is 2.58. The van der Waals surface area contributed by atoms with Gasteiger partial charge in [0.05, 0.1) is 12.8 Å². The van der Waals surface area contributed by atoms with E-state index < -0.39 is 15.6 Å². The Morgan fingerprint density at radius 2 is 1.76 bits per heavy atom. The van der Waals surface area contributed by atoms with Crippen LogP contribution in [0.1, 0.15) is 26.3 Å². The first-order valence-electron chi connectivity index (χ1n) is 6.48. The van der Waals surface area contributed by atoms with Gasteiger partial charge in [-0.2, -0.15) is 4.31 Å². The van der Waals surface area contributed by atoms with E-state index in [9.17, 15) is 13.2 Å². The highest BCUT2D eigenvalue weighted by atomic mass is 79.9. The highest BCUT2D eigenvalue weighted by molar-refractivity contribution is 9.10. The van der Waals surface area contributed by atoms with Crippen molar-refractivity contribution in [3.63, 3.8) is 0 Å². The molecule has 1 amide bonds. The summed E-state index contributed by atoms with van der Waals surface area (Å²) in [4.78, 5) is 11.9. The number of halogens is 1. The van der Waals surface area contributed by atoms with Crippen LogP contribution in [0.25, 0.3) is 0 Å². The van der Waals surface area contributed by atoms with Gasteiger partial charge < -0.3 is 5.32 Å². The van der Waals surface area contributed by atoms with Crippen molar-refractivity contribution in [2.45, 2.75) is 32.9 Å². The SMILES string of the molecule is CC(C)(C)NC(=O)CN(Cc1ccc(Br)cc1)S(C)(=O)=O. The molecule has 0 atom stereocenters. The average molecular weight is 377 g/mol. The van der Waals surface area contributed by atoms with Crippen LogP contribution in [-0.2, 0) is 21.4 Å². The molecule has 0 radical (unpaired) electrons. The molecule has 0 saturated heterocycles. The summed E-state index contributed by atoms with van der Waals surface area (Å²) in [6.07, 6.45) is 1.11. The third kappa shape index (κ3) is 7.06. The Balaban J connectivity index is 2.83. The summed E-state index contributed by atoms with van der Waals surface area (Å²) in [5.74, 6) is -0.315. The van der Waals surface area contributed by atoms with Gasteiger partial charge in [-0.05, 0) is 38.5 Å². The maximum Gasteiger partial charge on any atom is 0.235 e. The lowest BCUT2D eigenvalue weighted by Gasteiger charge is -2.24. The summed E-state index contributed by atoms with van der Waals surface area (Å²) < 4.78 is 25.8. The number of rotatable bonds is 5. The predicted octanol–water partition coefficient (Wildman–Crippen LogP) is 2.13. The van der Waals surface area contributed by atoms with E-state index in [4.69, 9.17) is 0 Å². The molecule has 5 nitrogen and oxygen atoms in total. The molecule has 0 aliphatic rings. The molecule has 1 aromatic carbocycles. The molecule has 0 fully saturated rings. The fraction of sp³-hybridized carbons (Fsp3) is 0.500. The van der Waals surface area contributed by atoms with Crippen LogP contribution in [0.3, 0.4) is 0 Å². The van der Waals surface area contributed by atoms with Crippen LogP contribution in [0.5, 0.6) is 0 Å². The fourth-order valence-electron chi connectivity index (χ4n) is 1.70. The molecular formula is C14H21BrN2O3S. The van der Waals surface area contributed by atoms with Gasteiger partial charge in [-0.25, -0.2) is 8.42 Å². The molecule has 0 unspecified atom stereocenters. The molecule has 0 spiro atoms. The first-order valence-corrected chi connectivity index (χ1v) is 9.12. The summed E-state index contributed by atoms with van der Waals surface area (Å²) in [7, 11) is -3.46. The topological polar surface area (TPSA) is 66.5 Å². The number of hydrogen-bond donors (Lipinski definition) is 1. The summed E-state index contributed by atoms with van der Waals surface area (Å²) in [6, 6.07) is 7.32. The second-order valence-corrected chi connectivity index (χ2v) is 8.85. The summed E-state index contributed by atoms with van der Waals surface area (Å²) >= 11 is 3.33. The molecule has 0 aliphatic heterocycles. The third-order valence-corrected chi connectivity index (χ3v) is 4.30. The average Bonchev–Trinajstić information content (AvgIpc) is 2.27. The van der Waals surface area contributed by atoms with Crippen LogP contribution < -0.4 is 5.32 Å². The molecule has 118 valence electrons. The van der Waals surface area contributed by atoms with E-state index >= 15 is 0 Å². The number of carbonyl (C=O) groups is 1. The van der Waals surface area contributed by atoms with E-state index in [0.29, 0.717) is 0 Å². The summed E-state index contributed by atoms with van der Waals surface area (Å²) in [6.45, 7) is 5.54. The minimum atomic E-state index is -3.46. The number of sulfonamides is 1. The number of carbonyl (C=O) groups excluding carboxylic acids is 1. The zero-order chi connectivity index (χ0) is 16.3. The van der Waals surface area contributed by atoms with Crippen LogP contribution in [-0.4, -0.2) is 37.0 Å². The lowest BCUT2D eigenvalue weighted by atomic mass is 10.1. The molecule has 0 aliphatic carbocycles. The van der Waals surface area contributed by atoms with E-state index in [1.54, 1.807) is 0 Å². The summed E-state index contributed by atoms with van der Waals surface area (Å²) in [5.41, 5.74) is 0.435. The summed E-state index contributed by atoms with van der Waals surface area (Å²) in [5, 5.41) is 2.76. The van der Waals surface area contributed by atoms with Crippen LogP contribution in [0.2, 0.25) is 0 Å². The first-order chi connectivity index (χ1) is 9.47. The Morgan fingerprint density at radius 1 is 1.24 bits per heavy atom. The number of benzene rings is 1. The zero-order valence-electron chi connectivity index (χ0n) is 12.7. The molecule has 21 heavy (non-hydrogen) atoms. The first kappa shape index (κ1) is 18.1. The number of nitrogens with zero attached hydrogens (tertiary/aromatic N) is 1. The van der Waals surface area contributed by atoms with Gasteiger partial charge in [-0.1, -0.05) is 28.1 Å². The predicted molar refractivity (Wildman–Crippen MR) is 87.3 cm³/mol. The molecule has 1 aromatic rings. The van der Waals surface area contributed by atoms with E-state index in [-0.39, 0.29) is 19.0 Å². The lowest BCUT2D eigenvalue weighted by molar-refractivity contribution is -0.122. The number of hydrogen-bond acceptors (Lipinski definition) is 3. The fourth-order valence-corrected chi connectivity index (χ4v) is 2.70. The van der Waals surface area contributed by atoms with Gasteiger partial charge in [0, 0.05) is 16.6 Å². The van der Waals surface area contributed by atoms with Crippen LogP contribution >= 0.6 is 15.9 Å². The van der Waals surface area contributed by atoms with Gasteiger partial charge >= 0.3 is 0 Å². The molecule has 7 heteroatoms. The lowest BCUT2D eigenvalue weighted by Crippen LogP contribution is -2.46. The maximum atomic E-state index is 11.9. The smallest absolute Gasteiger partial charge is 0.235 e. The van der Waals surface area contributed by atoms with Crippen molar-refractivity contribution >= 4 is 31.9 Å². The highest BCUT2D eigenvalue weighted by Gasteiger charge is 2.22. The molecule has 0 aromatic heterocycles. The van der Waals surface area contributed by atoms with Crippen LogP contribution in [0, 0.1) is 0 Å². The van der Waals surface area contributed by atoms with Crippen molar-refractivity contribution in [1.29, 1.82) is 0 Å². The van der Waals surface area contributed by atoms with E-state index in [1.165, 1.54) is 0 Å². The largest absolute Gasteiger partial charge is 0.350 e. The number of amides is 1. The van der Waals surface area contributed by atoms with Gasteiger partial charge in [-0.3, -0.25) is 4.79 Å².